The Hall–Kier alpha value is -2.14. The van der Waals surface area contributed by atoms with Crippen LogP contribution in [0.25, 0.3) is 6.08 Å². The lowest BCUT2D eigenvalue weighted by Gasteiger charge is -2.15. The van der Waals surface area contributed by atoms with Gasteiger partial charge in [-0.3, -0.25) is 4.79 Å². The molecule has 0 saturated heterocycles. The highest BCUT2D eigenvalue weighted by molar-refractivity contribution is 5.85. The van der Waals surface area contributed by atoms with Gasteiger partial charge in [-0.05, 0) is 37.1 Å². The minimum atomic E-state index is -0.988. The van der Waals surface area contributed by atoms with Crippen LogP contribution < -0.4 is 5.32 Å². The maximum absolute atomic E-state index is 11.7. The molecule has 0 aliphatic heterocycles. The van der Waals surface area contributed by atoms with Gasteiger partial charge in [0, 0.05) is 19.1 Å². The second-order valence-corrected chi connectivity index (χ2v) is 4.58. The summed E-state index contributed by atoms with van der Waals surface area (Å²) in [4.78, 5) is 22.2. The number of carboxylic acids is 1. The molecule has 0 heterocycles. The first-order chi connectivity index (χ1) is 10.0. The van der Waals surface area contributed by atoms with Crippen LogP contribution in [0.4, 0.5) is 0 Å². The first-order valence-corrected chi connectivity index (χ1v) is 6.91. The second-order valence-electron chi connectivity index (χ2n) is 4.58. The lowest BCUT2D eigenvalue weighted by Crippen LogP contribution is -2.27. The Morgan fingerprint density at radius 3 is 2.86 bits per heavy atom. The molecule has 0 aromatic heterocycles. The fraction of sp³-hybridized carbons (Fsp3) is 0.375. The summed E-state index contributed by atoms with van der Waals surface area (Å²) < 4.78 is 5.14. The van der Waals surface area contributed by atoms with Crippen molar-refractivity contribution in [3.8, 4) is 0 Å². The Kier molecular flexibility index (Phi) is 7.18. The van der Waals surface area contributed by atoms with E-state index in [1.165, 1.54) is 6.08 Å². The largest absolute Gasteiger partial charge is 0.478 e. The fourth-order valence-electron chi connectivity index (χ4n) is 1.81. The van der Waals surface area contributed by atoms with E-state index in [2.05, 4.69) is 5.32 Å². The van der Waals surface area contributed by atoms with Crippen LogP contribution >= 0.6 is 0 Å². The van der Waals surface area contributed by atoms with Crippen LogP contribution in [0.3, 0.4) is 0 Å². The highest BCUT2D eigenvalue weighted by Gasteiger charge is 2.09. The van der Waals surface area contributed by atoms with Crippen LogP contribution in [0.1, 0.15) is 37.4 Å². The minimum absolute atomic E-state index is 0.0672. The predicted molar refractivity (Wildman–Crippen MR) is 80.8 cm³/mol. The lowest BCUT2D eigenvalue weighted by atomic mass is 10.0. The molecular weight excluding hydrogens is 270 g/mol. The average molecular weight is 291 g/mol. The van der Waals surface area contributed by atoms with E-state index in [0.717, 1.165) is 17.2 Å². The Balaban J connectivity index is 2.61. The van der Waals surface area contributed by atoms with Crippen molar-refractivity contribution in [1.82, 2.24) is 5.32 Å². The number of aliphatic carboxylic acids is 1. The molecule has 0 bridgehead atoms. The molecule has 0 fully saturated rings. The van der Waals surface area contributed by atoms with Crippen LogP contribution in [0, 0.1) is 0 Å². The van der Waals surface area contributed by atoms with Gasteiger partial charge in [0.1, 0.15) is 0 Å². The monoisotopic (exact) mass is 291 g/mol. The number of amides is 1. The predicted octanol–water partition coefficient (Wildman–Crippen LogP) is 2.39. The third kappa shape index (κ3) is 6.72. The third-order valence-electron chi connectivity index (χ3n) is 2.88. The number of carbonyl (C=O) groups is 2. The summed E-state index contributed by atoms with van der Waals surface area (Å²) in [5.74, 6) is -1.06. The summed E-state index contributed by atoms with van der Waals surface area (Å²) in [7, 11) is 0. The molecule has 0 radical (unpaired) electrons. The van der Waals surface area contributed by atoms with Crippen LogP contribution in [0.15, 0.2) is 30.3 Å². The van der Waals surface area contributed by atoms with Crippen molar-refractivity contribution in [1.29, 1.82) is 0 Å². The summed E-state index contributed by atoms with van der Waals surface area (Å²) >= 11 is 0. The number of hydrogen-bond acceptors (Lipinski definition) is 3. The Bertz CT molecular complexity index is 511. The molecular formula is C16H21NO4. The molecule has 5 heteroatoms. The number of carbonyl (C=O) groups excluding carboxylic acids is 1. The van der Waals surface area contributed by atoms with E-state index in [0.29, 0.717) is 19.6 Å². The summed E-state index contributed by atoms with van der Waals surface area (Å²) in [6, 6.07) is 7.25. The average Bonchev–Trinajstić information content (AvgIpc) is 2.45. The summed E-state index contributed by atoms with van der Waals surface area (Å²) in [5.41, 5.74) is 1.71. The van der Waals surface area contributed by atoms with Gasteiger partial charge in [0.05, 0.1) is 12.6 Å². The van der Waals surface area contributed by atoms with E-state index < -0.39 is 5.97 Å². The van der Waals surface area contributed by atoms with E-state index >= 15 is 0 Å². The zero-order chi connectivity index (χ0) is 15.7. The van der Waals surface area contributed by atoms with Crippen LogP contribution in [0.2, 0.25) is 0 Å². The molecule has 0 aliphatic carbocycles. The quantitative estimate of drug-likeness (QED) is 0.569. The van der Waals surface area contributed by atoms with E-state index in [1.54, 1.807) is 0 Å². The number of benzene rings is 1. The van der Waals surface area contributed by atoms with Crippen LogP contribution in [-0.2, 0) is 14.3 Å². The third-order valence-corrected chi connectivity index (χ3v) is 2.88. The second kappa shape index (κ2) is 8.92. The van der Waals surface area contributed by atoms with Crippen LogP contribution in [0.5, 0.6) is 0 Å². The highest BCUT2D eigenvalue weighted by Crippen LogP contribution is 2.15. The van der Waals surface area contributed by atoms with Crippen molar-refractivity contribution < 1.29 is 19.4 Å². The SMILES string of the molecule is CCOCCC(=O)NC(C)c1cccc(C=CC(=O)O)c1. The normalized spacial score (nSPS) is 12.3. The molecule has 1 aromatic rings. The fourth-order valence-corrected chi connectivity index (χ4v) is 1.81. The molecule has 114 valence electrons. The van der Waals surface area contributed by atoms with Gasteiger partial charge in [0.25, 0.3) is 0 Å². The van der Waals surface area contributed by atoms with Crippen molar-refractivity contribution in [3.05, 3.63) is 41.5 Å². The maximum atomic E-state index is 11.7. The molecule has 1 amide bonds. The first kappa shape index (κ1) is 16.9. The highest BCUT2D eigenvalue weighted by atomic mass is 16.5. The molecule has 1 atom stereocenters. The van der Waals surface area contributed by atoms with E-state index in [-0.39, 0.29) is 11.9 Å². The Morgan fingerprint density at radius 1 is 1.43 bits per heavy atom. The van der Waals surface area contributed by atoms with Crippen molar-refractivity contribution in [2.24, 2.45) is 0 Å². The zero-order valence-corrected chi connectivity index (χ0v) is 12.3. The van der Waals surface area contributed by atoms with Gasteiger partial charge >= 0.3 is 5.97 Å². The molecule has 0 aliphatic rings. The zero-order valence-electron chi connectivity index (χ0n) is 12.3. The van der Waals surface area contributed by atoms with Crippen molar-refractivity contribution in [2.75, 3.05) is 13.2 Å². The Morgan fingerprint density at radius 2 is 2.19 bits per heavy atom. The topological polar surface area (TPSA) is 75.6 Å². The molecule has 1 aromatic carbocycles. The van der Waals surface area contributed by atoms with E-state index in [4.69, 9.17) is 9.84 Å². The van der Waals surface area contributed by atoms with Gasteiger partial charge in [-0.15, -0.1) is 0 Å². The standard InChI is InChI=1S/C16H21NO4/c1-3-21-10-9-15(18)17-12(2)14-6-4-5-13(11-14)7-8-16(19)20/h4-8,11-12H,3,9-10H2,1-2H3,(H,17,18)(H,19,20). The minimum Gasteiger partial charge on any atom is -0.478 e. The number of hydrogen-bond donors (Lipinski definition) is 2. The lowest BCUT2D eigenvalue weighted by molar-refractivity contribution is -0.131. The van der Waals surface area contributed by atoms with E-state index in [9.17, 15) is 9.59 Å². The van der Waals surface area contributed by atoms with Crippen LogP contribution in [-0.4, -0.2) is 30.2 Å². The molecule has 5 nitrogen and oxygen atoms in total. The molecule has 2 N–H and O–H groups in total. The maximum Gasteiger partial charge on any atom is 0.328 e. The van der Waals surface area contributed by atoms with E-state index in [1.807, 2.05) is 38.1 Å². The van der Waals surface area contributed by atoms with Crippen molar-refractivity contribution in [3.63, 3.8) is 0 Å². The van der Waals surface area contributed by atoms with Gasteiger partial charge in [-0.2, -0.15) is 0 Å². The van der Waals surface area contributed by atoms with Crippen molar-refractivity contribution in [2.45, 2.75) is 26.3 Å². The number of rotatable bonds is 8. The molecule has 1 unspecified atom stereocenters. The summed E-state index contributed by atoms with van der Waals surface area (Å²) in [6.45, 7) is 4.78. The number of nitrogens with one attached hydrogen (secondary N) is 1. The van der Waals surface area contributed by atoms with Gasteiger partial charge in [0.2, 0.25) is 5.91 Å². The van der Waals surface area contributed by atoms with Gasteiger partial charge in [0.15, 0.2) is 0 Å². The molecule has 21 heavy (non-hydrogen) atoms. The van der Waals surface area contributed by atoms with Gasteiger partial charge < -0.3 is 15.2 Å². The number of ether oxygens (including phenoxy) is 1. The van der Waals surface area contributed by atoms with Gasteiger partial charge in [-0.25, -0.2) is 4.79 Å². The first-order valence-electron chi connectivity index (χ1n) is 6.91. The summed E-state index contributed by atoms with van der Waals surface area (Å²) in [6.07, 6.45) is 2.94. The Labute approximate surface area is 124 Å². The molecule has 0 spiro atoms. The molecule has 1 rings (SSSR count). The van der Waals surface area contributed by atoms with Gasteiger partial charge in [-0.1, -0.05) is 18.2 Å². The van der Waals surface area contributed by atoms with Crippen molar-refractivity contribution >= 4 is 18.0 Å². The molecule has 0 saturated carbocycles. The summed E-state index contributed by atoms with van der Waals surface area (Å²) in [5, 5.41) is 11.5. The number of carboxylic acid groups (broad SMARTS) is 1. The smallest absolute Gasteiger partial charge is 0.328 e.